The van der Waals surface area contributed by atoms with Gasteiger partial charge in [0, 0.05) is 42.5 Å². The molecule has 1 aromatic carbocycles. The van der Waals surface area contributed by atoms with Crippen LogP contribution < -0.4 is 16.0 Å². The molecule has 0 radical (unpaired) electrons. The average molecular weight is 713 g/mol. The maximum absolute atomic E-state index is 14.3. The molecule has 3 fully saturated rings. The first-order valence-corrected chi connectivity index (χ1v) is 17.5. The van der Waals surface area contributed by atoms with Gasteiger partial charge in [-0.05, 0) is 41.6 Å². The SMILES string of the molecule is CC(C)(C)[C@H](NC(=O)OCc1cccnc1)C(=O)N1C[C@H]2[C@@H]([C@H]1C(=O)NC(CC1CCNC1=O)C(=O)C(=O)c1ncc(-c3ccccc3)o1)C2(C)C. The first-order valence-electron chi connectivity index (χ1n) is 17.5. The number of hydrogen-bond acceptors (Lipinski definition) is 10. The Morgan fingerprint density at radius 3 is 2.46 bits per heavy atom. The van der Waals surface area contributed by atoms with Crippen molar-refractivity contribution in [2.24, 2.45) is 28.6 Å². The second-order valence-corrected chi connectivity index (χ2v) is 15.4. The molecule has 2 saturated heterocycles. The van der Waals surface area contributed by atoms with E-state index in [1.165, 1.54) is 11.1 Å². The number of nitrogens with zero attached hydrogens (tertiary/aromatic N) is 3. The minimum atomic E-state index is -1.39. The zero-order chi connectivity index (χ0) is 37.4. The van der Waals surface area contributed by atoms with Crippen molar-refractivity contribution in [3.63, 3.8) is 0 Å². The summed E-state index contributed by atoms with van der Waals surface area (Å²) >= 11 is 0. The highest BCUT2D eigenvalue weighted by atomic mass is 16.5. The molecule has 3 N–H and O–H groups in total. The summed E-state index contributed by atoms with van der Waals surface area (Å²) in [6, 6.07) is 8.97. The molecule has 14 heteroatoms. The van der Waals surface area contributed by atoms with E-state index >= 15 is 0 Å². The molecule has 6 atom stereocenters. The van der Waals surface area contributed by atoms with Gasteiger partial charge in [-0.2, -0.15) is 0 Å². The van der Waals surface area contributed by atoms with Crippen LogP contribution in [0.3, 0.4) is 0 Å². The third-order valence-electron chi connectivity index (χ3n) is 10.5. The predicted octanol–water partition coefficient (Wildman–Crippen LogP) is 3.32. The highest BCUT2D eigenvalue weighted by molar-refractivity contribution is 6.44. The monoisotopic (exact) mass is 712 g/mol. The van der Waals surface area contributed by atoms with Crippen LogP contribution in [0.25, 0.3) is 11.3 Å². The van der Waals surface area contributed by atoms with Crippen LogP contribution in [-0.2, 0) is 30.5 Å². The molecule has 1 saturated carbocycles. The Labute approximate surface area is 301 Å². The van der Waals surface area contributed by atoms with E-state index < -0.39 is 64.8 Å². The number of carbonyl (C=O) groups is 6. The quantitative estimate of drug-likeness (QED) is 0.186. The van der Waals surface area contributed by atoms with Gasteiger partial charge >= 0.3 is 6.09 Å². The van der Waals surface area contributed by atoms with E-state index in [-0.39, 0.29) is 48.5 Å². The van der Waals surface area contributed by atoms with Crippen molar-refractivity contribution in [1.29, 1.82) is 0 Å². The molecule has 6 rings (SSSR count). The molecular formula is C38H44N6O8. The van der Waals surface area contributed by atoms with Crippen molar-refractivity contribution in [2.45, 2.75) is 72.2 Å². The predicted molar refractivity (Wildman–Crippen MR) is 186 cm³/mol. The zero-order valence-corrected chi connectivity index (χ0v) is 29.9. The summed E-state index contributed by atoms with van der Waals surface area (Å²) in [4.78, 5) is 91.1. The summed E-state index contributed by atoms with van der Waals surface area (Å²) < 4.78 is 11.0. The van der Waals surface area contributed by atoms with Gasteiger partial charge in [-0.15, -0.1) is 0 Å². The van der Waals surface area contributed by atoms with E-state index in [2.05, 4.69) is 25.9 Å². The molecule has 52 heavy (non-hydrogen) atoms. The van der Waals surface area contributed by atoms with Crippen molar-refractivity contribution < 1.29 is 37.9 Å². The number of Topliss-reactive ketones (excluding diaryl/α,β-unsaturated/α-hetero) is 2. The number of hydrogen-bond donors (Lipinski definition) is 3. The molecule has 274 valence electrons. The molecule has 3 aliphatic rings. The van der Waals surface area contributed by atoms with E-state index in [9.17, 15) is 28.8 Å². The number of benzene rings is 1. The number of pyridine rings is 1. The number of ether oxygens (including phenoxy) is 1. The fraction of sp³-hybridized carbons (Fsp3) is 0.474. The van der Waals surface area contributed by atoms with Gasteiger partial charge in [0.05, 0.1) is 12.2 Å². The number of rotatable bonds is 12. The lowest BCUT2D eigenvalue weighted by molar-refractivity contribution is -0.144. The first kappa shape index (κ1) is 36.4. The van der Waals surface area contributed by atoms with Gasteiger partial charge in [0.25, 0.3) is 11.7 Å². The first-order chi connectivity index (χ1) is 24.7. The molecule has 4 amide bonds. The smallest absolute Gasteiger partial charge is 0.408 e. The Morgan fingerprint density at radius 1 is 1.06 bits per heavy atom. The van der Waals surface area contributed by atoms with E-state index in [4.69, 9.17) is 9.15 Å². The Balaban J connectivity index is 1.22. The third-order valence-corrected chi connectivity index (χ3v) is 10.5. The molecule has 2 unspecified atom stereocenters. The zero-order valence-electron chi connectivity index (χ0n) is 29.9. The fourth-order valence-electron chi connectivity index (χ4n) is 7.44. The topological polar surface area (TPSA) is 190 Å². The van der Waals surface area contributed by atoms with Gasteiger partial charge in [-0.1, -0.05) is 71.0 Å². The number of piperidine rings is 1. The van der Waals surface area contributed by atoms with Gasteiger partial charge in [-0.25, -0.2) is 9.78 Å². The van der Waals surface area contributed by atoms with Crippen molar-refractivity contribution in [3.8, 4) is 11.3 Å². The van der Waals surface area contributed by atoms with E-state index in [1.807, 2.05) is 19.9 Å². The maximum Gasteiger partial charge on any atom is 0.408 e. The van der Waals surface area contributed by atoms with E-state index in [0.717, 1.165) is 0 Å². The molecule has 0 bridgehead atoms. The van der Waals surface area contributed by atoms with Crippen LogP contribution in [0.5, 0.6) is 0 Å². The molecule has 4 heterocycles. The van der Waals surface area contributed by atoms with Crippen LogP contribution in [0.1, 0.15) is 63.7 Å². The number of nitrogens with one attached hydrogen (secondary N) is 3. The van der Waals surface area contributed by atoms with Crippen molar-refractivity contribution >= 4 is 35.4 Å². The molecule has 14 nitrogen and oxygen atoms in total. The van der Waals surface area contributed by atoms with Crippen LogP contribution in [0, 0.1) is 28.6 Å². The summed E-state index contributed by atoms with van der Waals surface area (Å²) in [6.45, 7) is 10.0. The van der Waals surface area contributed by atoms with E-state index in [0.29, 0.717) is 24.1 Å². The molecule has 1 aliphatic carbocycles. The number of amides is 4. The van der Waals surface area contributed by atoms with E-state index in [1.54, 1.807) is 69.6 Å². The maximum atomic E-state index is 14.3. The van der Waals surface area contributed by atoms with Gasteiger partial charge in [-0.3, -0.25) is 29.0 Å². The van der Waals surface area contributed by atoms with Crippen molar-refractivity contribution in [3.05, 3.63) is 72.5 Å². The van der Waals surface area contributed by atoms with Crippen LogP contribution in [-0.4, -0.2) is 81.5 Å². The number of aromatic nitrogens is 2. The van der Waals surface area contributed by atoms with Crippen LogP contribution in [0.4, 0.5) is 4.79 Å². The fourth-order valence-corrected chi connectivity index (χ4v) is 7.44. The summed E-state index contributed by atoms with van der Waals surface area (Å²) in [5.41, 5.74) is 0.278. The summed E-state index contributed by atoms with van der Waals surface area (Å²) in [5.74, 6) is -4.42. The van der Waals surface area contributed by atoms with Gasteiger partial charge in [0.15, 0.2) is 5.76 Å². The normalized spacial score (nSPS) is 22.8. The Bertz CT molecular complexity index is 1850. The highest BCUT2D eigenvalue weighted by Gasteiger charge is 2.70. The summed E-state index contributed by atoms with van der Waals surface area (Å²) in [7, 11) is 0. The second kappa shape index (κ2) is 14.3. The standard InChI is InChI=1S/C38H44N6O8/c1-37(2,3)31(43-36(50)51-20-21-10-9-14-39-17-21)35(49)44-19-24-27(38(24,4)5)28(44)33(48)42-25(16-23-13-15-40-32(23)47)29(45)30(46)34-41-18-26(52-34)22-11-7-6-8-12-22/h6-12,14,17-18,23-25,27-28,31H,13,15-16,19-20H2,1-5H3,(H,40,47)(H,42,48)(H,43,50)/t23?,24-,25?,27-,28-,31+/m0/s1. The Morgan fingerprint density at radius 2 is 1.81 bits per heavy atom. The highest BCUT2D eigenvalue weighted by Crippen LogP contribution is 2.65. The number of alkyl carbamates (subject to hydrolysis) is 1. The van der Waals surface area contributed by atoms with Crippen LogP contribution in [0.15, 0.2) is 65.5 Å². The lowest BCUT2D eigenvalue weighted by Gasteiger charge is -2.37. The van der Waals surface area contributed by atoms with Crippen molar-refractivity contribution in [2.75, 3.05) is 13.1 Å². The minimum Gasteiger partial charge on any atom is -0.445 e. The molecule has 3 aromatic rings. The molecular weight excluding hydrogens is 668 g/mol. The average Bonchev–Trinajstić information content (AvgIpc) is 3.68. The third kappa shape index (κ3) is 7.46. The molecule has 2 aliphatic heterocycles. The van der Waals surface area contributed by atoms with Crippen LogP contribution in [0.2, 0.25) is 0 Å². The van der Waals surface area contributed by atoms with Gasteiger partial charge < -0.3 is 30.0 Å². The molecule has 0 spiro atoms. The number of fused-ring (bicyclic) bond motifs is 1. The lowest BCUT2D eigenvalue weighted by Crippen LogP contribution is -2.60. The van der Waals surface area contributed by atoms with Crippen LogP contribution >= 0.6 is 0 Å². The summed E-state index contributed by atoms with van der Waals surface area (Å²) in [5, 5.41) is 8.20. The largest absolute Gasteiger partial charge is 0.445 e. The second-order valence-electron chi connectivity index (χ2n) is 15.4. The lowest BCUT2D eigenvalue weighted by atomic mass is 9.85. The number of oxazole rings is 1. The number of ketones is 2. The molecule has 2 aromatic heterocycles. The van der Waals surface area contributed by atoms with Gasteiger partial charge in [0.1, 0.15) is 18.7 Å². The van der Waals surface area contributed by atoms with Gasteiger partial charge in [0.2, 0.25) is 23.5 Å². The Kier molecular flexibility index (Phi) is 10.0. The number of carbonyl (C=O) groups excluding carboxylic acids is 6. The minimum absolute atomic E-state index is 0.00882. The van der Waals surface area contributed by atoms with Crippen molar-refractivity contribution in [1.82, 2.24) is 30.8 Å². The Hall–Kier alpha value is -5.40. The number of likely N-dealkylation sites (tertiary alicyclic amines) is 1. The summed E-state index contributed by atoms with van der Waals surface area (Å²) in [6.07, 6.45) is 4.01.